The molecule has 0 atom stereocenters. The lowest BCUT2D eigenvalue weighted by molar-refractivity contribution is 1.49. The van der Waals surface area contributed by atoms with Crippen LogP contribution in [0.1, 0.15) is 0 Å². The molecular formula is C4H12NS+. The first-order valence-electron chi connectivity index (χ1n) is 1.85. The van der Waals surface area contributed by atoms with Gasteiger partial charge in [0.2, 0.25) is 0 Å². The summed E-state index contributed by atoms with van der Waals surface area (Å²) in [6.07, 6.45) is 6.48. The summed E-state index contributed by atoms with van der Waals surface area (Å²) >= 11 is 0. The molecule has 38 valence electrons. The maximum atomic E-state index is 4.10. The van der Waals surface area contributed by atoms with Gasteiger partial charge in [-0.05, 0) is 9.82 Å². The summed E-state index contributed by atoms with van der Waals surface area (Å²) in [5.74, 6) is 0. The van der Waals surface area contributed by atoms with Crippen LogP contribution in [0.5, 0.6) is 0 Å². The van der Waals surface area contributed by atoms with Crippen LogP contribution in [0.2, 0.25) is 0 Å². The molecule has 2 heteroatoms. The number of hydrogen-bond donors (Lipinski definition) is 0. The van der Waals surface area contributed by atoms with Crippen LogP contribution in [0.3, 0.4) is 0 Å². The average Bonchev–Trinajstić information content (AvgIpc) is 1.35. The minimum atomic E-state index is -0.537. The van der Waals surface area contributed by atoms with Crippen molar-refractivity contribution in [2.24, 2.45) is 4.36 Å². The molecule has 0 aromatic heterocycles. The van der Waals surface area contributed by atoms with E-state index in [-0.39, 0.29) is 0 Å². The zero-order chi connectivity index (χ0) is 5.21. The van der Waals surface area contributed by atoms with Gasteiger partial charge in [0, 0.05) is 0 Å². The summed E-state index contributed by atoms with van der Waals surface area (Å²) in [6.45, 7) is 0. The molecule has 0 aromatic rings. The molecule has 0 heterocycles. The SMILES string of the molecule is CN=[S+](C)(C)C. The normalized spacial score (nSPS) is 11.3. The van der Waals surface area contributed by atoms with Crippen molar-refractivity contribution < 1.29 is 0 Å². The zero-order valence-corrected chi connectivity index (χ0v) is 5.67. The molecule has 0 aromatic carbocycles. The molecule has 0 radical (unpaired) electrons. The predicted octanol–water partition coefficient (Wildman–Crippen LogP) is 0.843. The first-order chi connectivity index (χ1) is 2.56. The van der Waals surface area contributed by atoms with E-state index in [1.165, 1.54) is 0 Å². The van der Waals surface area contributed by atoms with Crippen molar-refractivity contribution in [2.75, 3.05) is 25.8 Å². The van der Waals surface area contributed by atoms with Gasteiger partial charge >= 0.3 is 0 Å². The van der Waals surface area contributed by atoms with E-state index in [4.69, 9.17) is 0 Å². The van der Waals surface area contributed by atoms with Gasteiger partial charge in [0.05, 0.1) is 25.8 Å². The van der Waals surface area contributed by atoms with E-state index in [1.807, 2.05) is 7.05 Å². The van der Waals surface area contributed by atoms with E-state index in [0.29, 0.717) is 0 Å². The Hall–Kier alpha value is 0.150. The van der Waals surface area contributed by atoms with Crippen LogP contribution in [0, 0.1) is 0 Å². The highest BCUT2D eigenvalue weighted by Crippen LogP contribution is 1.87. The second-order valence-electron chi connectivity index (χ2n) is 1.96. The fourth-order valence-electron chi connectivity index (χ4n) is 0. The van der Waals surface area contributed by atoms with Crippen molar-refractivity contribution in [3.63, 3.8) is 0 Å². The molecule has 0 saturated carbocycles. The molecule has 0 N–H and O–H groups in total. The highest BCUT2D eigenvalue weighted by Gasteiger charge is 1.92. The summed E-state index contributed by atoms with van der Waals surface area (Å²) in [7, 11) is 1.33. The van der Waals surface area contributed by atoms with Crippen LogP contribution in [0.15, 0.2) is 4.36 Å². The van der Waals surface area contributed by atoms with Crippen molar-refractivity contribution in [3.05, 3.63) is 0 Å². The predicted molar refractivity (Wildman–Crippen MR) is 33.5 cm³/mol. The first kappa shape index (κ1) is 6.15. The Morgan fingerprint density at radius 2 is 1.33 bits per heavy atom. The number of rotatable bonds is 0. The standard InChI is InChI=1S/C4H12NS/c1-5-6(2,3)4/h1-4H3/q+1. The maximum absolute atomic E-state index is 4.10. The van der Waals surface area contributed by atoms with Crippen molar-refractivity contribution in [1.82, 2.24) is 0 Å². The lowest BCUT2D eigenvalue weighted by atomic mass is 11.6. The van der Waals surface area contributed by atoms with Gasteiger partial charge in [-0.25, -0.2) is 0 Å². The molecule has 0 spiro atoms. The van der Waals surface area contributed by atoms with Gasteiger partial charge in [0.15, 0.2) is 0 Å². The molecule has 0 saturated heterocycles. The highest BCUT2D eigenvalue weighted by molar-refractivity contribution is 8.03. The smallest absolute Gasteiger partial charge is 0.0828 e. The molecule has 0 amide bonds. The van der Waals surface area contributed by atoms with Crippen LogP contribution in [0.25, 0.3) is 0 Å². The summed E-state index contributed by atoms with van der Waals surface area (Å²) < 4.78 is 4.10. The van der Waals surface area contributed by atoms with Crippen molar-refractivity contribution in [3.8, 4) is 0 Å². The van der Waals surface area contributed by atoms with E-state index in [2.05, 4.69) is 23.1 Å². The van der Waals surface area contributed by atoms with Crippen molar-refractivity contribution in [1.29, 1.82) is 0 Å². The van der Waals surface area contributed by atoms with Crippen LogP contribution in [-0.2, 0) is 9.82 Å². The maximum Gasteiger partial charge on any atom is 0.0828 e. The molecule has 0 aliphatic rings. The molecule has 1 nitrogen and oxygen atoms in total. The van der Waals surface area contributed by atoms with E-state index in [9.17, 15) is 0 Å². The molecule has 0 aliphatic heterocycles. The van der Waals surface area contributed by atoms with Gasteiger partial charge in [-0.3, -0.25) is 0 Å². The van der Waals surface area contributed by atoms with Gasteiger partial charge in [-0.1, -0.05) is 0 Å². The highest BCUT2D eigenvalue weighted by atomic mass is 32.2. The van der Waals surface area contributed by atoms with Gasteiger partial charge in [-0.15, -0.1) is 4.36 Å². The fraction of sp³-hybridized carbons (Fsp3) is 1.00. The van der Waals surface area contributed by atoms with E-state index < -0.39 is 9.82 Å². The van der Waals surface area contributed by atoms with Crippen LogP contribution in [0.4, 0.5) is 0 Å². The van der Waals surface area contributed by atoms with E-state index >= 15 is 0 Å². The van der Waals surface area contributed by atoms with Crippen LogP contribution < -0.4 is 0 Å². The Morgan fingerprint density at radius 3 is 1.33 bits per heavy atom. The first-order valence-corrected chi connectivity index (χ1v) is 4.67. The molecule has 0 rings (SSSR count). The molecular weight excluding hydrogens is 94.1 g/mol. The van der Waals surface area contributed by atoms with Gasteiger partial charge in [0.1, 0.15) is 0 Å². The largest absolute Gasteiger partial charge is 0.147 e. The topological polar surface area (TPSA) is 12.4 Å². The number of nitrogens with zero attached hydrogens (tertiary/aromatic N) is 1. The Morgan fingerprint density at radius 1 is 1.17 bits per heavy atom. The third kappa shape index (κ3) is 4.15. The summed E-state index contributed by atoms with van der Waals surface area (Å²) in [4.78, 5) is 0. The van der Waals surface area contributed by atoms with Gasteiger partial charge < -0.3 is 0 Å². The van der Waals surface area contributed by atoms with Crippen LogP contribution >= 0.6 is 0 Å². The third-order valence-electron chi connectivity index (χ3n) is 0.548. The zero-order valence-electron chi connectivity index (χ0n) is 4.86. The Kier molecular flexibility index (Phi) is 1.78. The summed E-state index contributed by atoms with van der Waals surface area (Å²) in [6, 6.07) is 0. The third-order valence-corrected chi connectivity index (χ3v) is 1.64. The fourth-order valence-corrected chi connectivity index (χ4v) is 0. The molecule has 0 fully saturated rings. The van der Waals surface area contributed by atoms with E-state index in [0.717, 1.165) is 0 Å². The lowest BCUT2D eigenvalue weighted by Crippen LogP contribution is -1.99. The Labute approximate surface area is 40.8 Å². The van der Waals surface area contributed by atoms with Gasteiger partial charge in [-0.2, -0.15) is 0 Å². The van der Waals surface area contributed by atoms with Crippen molar-refractivity contribution >= 4 is 9.82 Å². The number of hydrogen-bond acceptors (Lipinski definition) is 1. The average molecular weight is 106 g/mol. The second kappa shape index (κ2) is 1.73. The second-order valence-corrected chi connectivity index (χ2v) is 5.87. The minimum Gasteiger partial charge on any atom is -0.147 e. The molecule has 0 aliphatic carbocycles. The summed E-state index contributed by atoms with van der Waals surface area (Å²) in [5, 5.41) is 0. The Bertz CT molecular complexity index is 71.3. The minimum absolute atomic E-state index is 0.537. The molecule has 6 heavy (non-hydrogen) atoms. The van der Waals surface area contributed by atoms with Crippen LogP contribution in [-0.4, -0.2) is 25.8 Å². The monoisotopic (exact) mass is 106 g/mol. The lowest BCUT2D eigenvalue weighted by Gasteiger charge is -1.93. The van der Waals surface area contributed by atoms with E-state index in [1.54, 1.807) is 0 Å². The molecule has 0 bridgehead atoms. The quantitative estimate of drug-likeness (QED) is 0.406. The Balaban J connectivity index is 3.79. The molecule has 0 unspecified atom stereocenters. The van der Waals surface area contributed by atoms with Crippen molar-refractivity contribution in [2.45, 2.75) is 0 Å². The van der Waals surface area contributed by atoms with Gasteiger partial charge in [0.25, 0.3) is 0 Å². The summed E-state index contributed by atoms with van der Waals surface area (Å²) in [5.41, 5.74) is 0.